The molecule has 0 saturated carbocycles. The van der Waals surface area contributed by atoms with Crippen molar-refractivity contribution in [3.8, 4) is 0 Å². The largest absolute Gasteiger partial charge is 0.383 e. The van der Waals surface area contributed by atoms with Crippen molar-refractivity contribution in [3.63, 3.8) is 0 Å². The molecule has 3 heterocycles. The number of likely N-dealkylation sites (tertiary alicyclic amines) is 1. The van der Waals surface area contributed by atoms with Gasteiger partial charge in [-0.3, -0.25) is 9.58 Å². The molecule has 0 amide bonds. The van der Waals surface area contributed by atoms with E-state index in [-0.39, 0.29) is 0 Å². The van der Waals surface area contributed by atoms with Crippen molar-refractivity contribution in [2.24, 2.45) is 19.1 Å². The highest BCUT2D eigenvalue weighted by atomic mass is 16.3. The predicted octanol–water partition coefficient (Wildman–Crippen LogP) is 0.284. The van der Waals surface area contributed by atoms with Crippen LogP contribution in [0.1, 0.15) is 43.9 Å². The van der Waals surface area contributed by atoms with Crippen molar-refractivity contribution >= 4 is 5.96 Å². The fourth-order valence-electron chi connectivity index (χ4n) is 3.73. The molecule has 3 N–H and O–H groups in total. The number of nitrogens with one attached hydrogen (secondary N) is 2. The number of rotatable bonds is 8. The minimum Gasteiger partial charge on any atom is -0.383 e. The standard InChI is InChI=1S/C20H35N9O/c1-6-29-9-7-8-17(29)11-21-19(22-12-18-26-25-15(2)28(18)5)23-14-20(3,30)16-10-24-27(4)13-16/h10,13,17,30H,6-9,11-12,14H2,1-5H3,(H2,21,22,23). The molecule has 1 aliphatic heterocycles. The van der Waals surface area contributed by atoms with Crippen molar-refractivity contribution in [3.05, 3.63) is 29.6 Å². The molecule has 2 atom stereocenters. The molecule has 0 aliphatic carbocycles. The van der Waals surface area contributed by atoms with Crippen LogP contribution in [-0.4, -0.2) is 72.7 Å². The number of guanidine groups is 1. The van der Waals surface area contributed by atoms with E-state index in [1.54, 1.807) is 17.8 Å². The van der Waals surface area contributed by atoms with E-state index in [1.165, 1.54) is 12.8 Å². The van der Waals surface area contributed by atoms with Crippen LogP contribution in [0, 0.1) is 6.92 Å². The molecule has 10 nitrogen and oxygen atoms in total. The third-order valence-corrected chi connectivity index (χ3v) is 5.90. The number of likely N-dealkylation sites (N-methyl/N-ethyl adjacent to an activating group) is 1. The zero-order chi connectivity index (χ0) is 21.7. The molecule has 0 spiro atoms. The molecule has 30 heavy (non-hydrogen) atoms. The average Bonchev–Trinajstić information content (AvgIpc) is 3.43. The Balaban J connectivity index is 1.67. The summed E-state index contributed by atoms with van der Waals surface area (Å²) in [4.78, 5) is 7.19. The quantitative estimate of drug-likeness (QED) is 0.418. The SMILES string of the molecule is CCN1CCCC1CNC(=NCc1nnc(C)n1C)NCC(C)(O)c1cnn(C)c1. The van der Waals surface area contributed by atoms with Crippen molar-refractivity contribution < 1.29 is 5.11 Å². The topological polar surface area (TPSA) is 108 Å². The third-order valence-electron chi connectivity index (χ3n) is 5.90. The Morgan fingerprint density at radius 1 is 1.33 bits per heavy atom. The van der Waals surface area contributed by atoms with E-state index in [1.807, 2.05) is 31.8 Å². The van der Waals surface area contributed by atoms with Gasteiger partial charge in [-0.2, -0.15) is 5.10 Å². The normalized spacial score (nSPS) is 19.8. The summed E-state index contributed by atoms with van der Waals surface area (Å²) in [5.74, 6) is 2.30. The van der Waals surface area contributed by atoms with Crippen LogP contribution in [0.4, 0.5) is 0 Å². The van der Waals surface area contributed by atoms with Crippen molar-refractivity contribution in [1.82, 2.24) is 40.1 Å². The highest BCUT2D eigenvalue weighted by Crippen LogP contribution is 2.18. The second-order valence-corrected chi connectivity index (χ2v) is 8.22. The fourth-order valence-corrected chi connectivity index (χ4v) is 3.73. The molecule has 0 radical (unpaired) electrons. The Bertz CT molecular complexity index is 854. The van der Waals surface area contributed by atoms with Gasteiger partial charge >= 0.3 is 0 Å². The lowest BCUT2D eigenvalue weighted by Gasteiger charge is -2.26. The average molecular weight is 418 g/mol. The first-order chi connectivity index (χ1) is 14.3. The first-order valence-electron chi connectivity index (χ1n) is 10.6. The van der Waals surface area contributed by atoms with Crippen molar-refractivity contribution in [2.75, 3.05) is 26.2 Å². The third kappa shape index (κ3) is 5.37. The van der Waals surface area contributed by atoms with Crippen molar-refractivity contribution in [2.45, 2.75) is 51.8 Å². The number of aryl methyl sites for hydroxylation is 2. The van der Waals surface area contributed by atoms with Gasteiger partial charge < -0.3 is 20.3 Å². The Kier molecular flexibility index (Phi) is 7.09. The number of aliphatic hydroxyl groups is 1. The number of nitrogens with zero attached hydrogens (tertiary/aromatic N) is 7. The van der Waals surface area contributed by atoms with Gasteiger partial charge in [0, 0.05) is 38.4 Å². The summed E-state index contributed by atoms with van der Waals surface area (Å²) in [6, 6.07) is 0.498. The predicted molar refractivity (Wildman–Crippen MR) is 116 cm³/mol. The molecule has 2 aromatic heterocycles. The molecule has 10 heteroatoms. The number of aliphatic imine (C=N–C) groups is 1. The zero-order valence-corrected chi connectivity index (χ0v) is 18.8. The summed E-state index contributed by atoms with van der Waals surface area (Å²) in [6.45, 7) is 9.63. The van der Waals surface area contributed by atoms with E-state index >= 15 is 0 Å². The molecule has 1 aliphatic rings. The van der Waals surface area contributed by atoms with E-state index in [2.05, 4.69) is 37.8 Å². The van der Waals surface area contributed by atoms with Gasteiger partial charge in [-0.25, -0.2) is 4.99 Å². The highest BCUT2D eigenvalue weighted by molar-refractivity contribution is 5.79. The summed E-state index contributed by atoms with van der Waals surface area (Å²) < 4.78 is 3.62. The first kappa shape index (κ1) is 22.2. The lowest BCUT2D eigenvalue weighted by molar-refractivity contribution is 0.0616. The highest BCUT2D eigenvalue weighted by Gasteiger charge is 2.26. The minimum atomic E-state index is -1.07. The van der Waals surface area contributed by atoms with Crippen LogP contribution in [0.3, 0.4) is 0 Å². The van der Waals surface area contributed by atoms with Crippen LogP contribution in [0.5, 0.6) is 0 Å². The molecule has 2 aromatic rings. The Morgan fingerprint density at radius 2 is 2.13 bits per heavy atom. The van der Waals surface area contributed by atoms with E-state index in [4.69, 9.17) is 4.99 Å². The lowest BCUT2D eigenvalue weighted by atomic mass is 10.00. The molecule has 1 saturated heterocycles. The van der Waals surface area contributed by atoms with Crippen LogP contribution in [-0.2, 0) is 26.2 Å². The van der Waals surface area contributed by atoms with E-state index in [9.17, 15) is 5.11 Å². The number of aromatic nitrogens is 5. The molecule has 3 rings (SSSR count). The van der Waals surface area contributed by atoms with E-state index < -0.39 is 5.60 Å². The first-order valence-corrected chi connectivity index (χ1v) is 10.6. The van der Waals surface area contributed by atoms with Crippen LogP contribution >= 0.6 is 0 Å². The van der Waals surface area contributed by atoms with Gasteiger partial charge in [-0.15, -0.1) is 10.2 Å². The monoisotopic (exact) mass is 417 g/mol. The van der Waals surface area contributed by atoms with Crippen LogP contribution < -0.4 is 10.6 Å². The zero-order valence-electron chi connectivity index (χ0n) is 18.8. The van der Waals surface area contributed by atoms with Crippen LogP contribution in [0.25, 0.3) is 0 Å². The molecule has 0 bridgehead atoms. The van der Waals surface area contributed by atoms with Gasteiger partial charge in [0.1, 0.15) is 18.0 Å². The number of hydrogen-bond donors (Lipinski definition) is 3. The summed E-state index contributed by atoms with van der Waals surface area (Å²) in [7, 11) is 3.77. The second kappa shape index (κ2) is 9.57. The molecule has 166 valence electrons. The lowest BCUT2D eigenvalue weighted by Crippen LogP contribution is -2.48. The van der Waals surface area contributed by atoms with Gasteiger partial charge in [-0.05, 0) is 39.8 Å². The molecule has 1 fully saturated rings. The van der Waals surface area contributed by atoms with Gasteiger partial charge in [0.25, 0.3) is 0 Å². The Morgan fingerprint density at radius 3 is 2.77 bits per heavy atom. The Labute approximate surface area is 178 Å². The maximum absolute atomic E-state index is 10.9. The summed E-state index contributed by atoms with van der Waals surface area (Å²) in [6.07, 6.45) is 5.93. The van der Waals surface area contributed by atoms with Gasteiger partial charge in [-0.1, -0.05) is 6.92 Å². The summed E-state index contributed by atoms with van der Waals surface area (Å²) in [5, 5.41) is 30.1. The molecule has 2 unspecified atom stereocenters. The van der Waals surface area contributed by atoms with Crippen LogP contribution in [0.15, 0.2) is 17.4 Å². The maximum atomic E-state index is 10.9. The second-order valence-electron chi connectivity index (χ2n) is 8.22. The van der Waals surface area contributed by atoms with Gasteiger partial charge in [0.2, 0.25) is 0 Å². The molecular formula is C20H35N9O. The van der Waals surface area contributed by atoms with Gasteiger partial charge in [0.05, 0.1) is 12.7 Å². The smallest absolute Gasteiger partial charge is 0.191 e. The molecule has 0 aromatic carbocycles. The Hall–Kier alpha value is -2.46. The summed E-state index contributed by atoms with van der Waals surface area (Å²) in [5.41, 5.74) is -0.310. The summed E-state index contributed by atoms with van der Waals surface area (Å²) >= 11 is 0. The minimum absolute atomic E-state index is 0.310. The number of hydrogen-bond acceptors (Lipinski definition) is 6. The van der Waals surface area contributed by atoms with E-state index in [0.717, 1.165) is 36.8 Å². The van der Waals surface area contributed by atoms with Crippen LogP contribution in [0.2, 0.25) is 0 Å². The van der Waals surface area contributed by atoms with Gasteiger partial charge in [0.15, 0.2) is 11.8 Å². The maximum Gasteiger partial charge on any atom is 0.191 e. The molecular weight excluding hydrogens is 382 g/mol. The fraction of sp³-hybridized carbons (Fsp3) is 0.700. The van der Waals surface area contributed by atoms with Crippen molar-refractivity contribution in [1.29, 1.82) is 0 Å². The van der Waals surface area contributed by atoms with E-state index in [0.29, 0.717) is 25.1 Å².